The van der Waals surface area contributed by atoms with Crippen LogP contribution in [-0.2, 0) is 23.7 Å². The molecule has 1 fully saturated rings. The molecule has 0 saturated carbocycles. The zero-order valence-corrected chi connectivity index (χ0v) is 11.3. The van der Waals surface area contributed by atoms with Crippen molar-refractivity contribution in [2.24, 2.45) is 0 Å². The number of carbonyl (C=O) groups is 1. The van der Waals surface area contributed by atoms with Crippen LogP contribution in [0.15, 0.2) is 0 Å². The van der Waals surface area contributed by atoms with Gasteiger partial charge in [-0.3, -0.25) is 4.79 Å². The molecule has 1 aliphatic heterocycles. The third-order valence-electron chi connectivity index (χ3n) is 2.67. The summed E-state index contributed by atoms with van der Waals surface area (Å²) < 4.78 is 20.3. The summed E-state index contributed by atoms with van der Waals surface area (Å²) in [6.07, 6.45) is -0.0504. The van der Waals surface area contributed by atoms with Crippen LogP contribution in [0.5, 0.6) is 0 Å². The van der Waals surface area contributed by atoms with Crippen LogP contribution in [0.2, 0.25) is 0 Å². The maximum atomic E-state index is 11.5. The van der Waals surface area contributed by atoms with E-state index in [2.05, 4.69) is 5.32 Å². The highest BCUT2D eigenvalue weighted by Crippen LogP contribution is 2.07. The Hall–Kier alpha value is -0.730. The van der Waals surface area contributed by atoms with Gasteiger partial charge in [0, 0.05) is 20.1 Å². The first-order chi connectivity index (χ1) is 9.24. The quantitative estimate of drug-likeness (QED) is 0.388. The fourth-order valence-corrected chi connectivity index (χ4v) is 1.66. The first-order valence-electron chi connectivity index (χ1n) is 6.46. The highest BCUT2D eigenvalue weighted by molar-refractivity contribution is 5.76. The monoisotopic (exact) mass is 277 g/mol. The minimum atomic E-state index is -0.460. The molecule has 0 bridgehead atoms. The number of aliphatic hydroxyl groups excluding tert-OH is 1. The number of aliphatic hydroxyl groups is 1. The van der Waals surface area contributed by atoms with E-state index >= 15 is 0 Å². The third kappa shape index (κ3) is 7.44. The predicted octanol–water partition coefficient (Wildman–Crippen LogP) is -1.07. The van der Waals surface area contributed by atoms with Gasteiger partial charge in [-0.2, -0.15) is 0 Å². The molecule has 7 heteroatoms. The van der Waals surface area contributed by atoms with Crippen LogP contribution in [0.1, 0.15) is 6.42 Å². The molecule has 19 heavy (non-hydrogen) atoms. The minimum Gasteiger partial charge on any atom is -0.462 e. The van der Waals surface area contributed by atoms with Crippen molar-refractivity contribution >= 4 is 5.97 Å². The zero-order chi connectivity index (χ0) is 13.9. The van der Waals surface area contributed by atoms with Gasteiger partial charge in [-0.05, 0) is 0 Å². The third-order valence-corrected chi connectivity index (χ3v) is 2.67. The molecule has 1 aliphatic rings. The van der Waals surface area contributed by atoms with Gasteiger partial charge in [0.15, 0.2) is 0 Å². The van der Waals surface area contributed by atoms with E-state index in [4.69, 9.17) is 18.9 Å². The molecule has 1 heterocycles. The lowest BCUT2D eigenvalue weighted by molar-refractivity contribution is -0.147. The number of β-amino-alcohol motifs (C(OH)–C–C–N with tert-alkyl or cyclic N) is 1. The number of methoxy groups -OCH3 is 1. The summed E-state index contributed by atoms with van der Waals surface area (Å²) in [7, 11) is 1.62. The van der Waals surface area contributed by atoms with Crippen molar-refractivity contribution in [3.05, 3.63) is 0 Å². The molecule has 0 aromatic heterocycles. The normalized spacial score (nSPS) is 22.6. The smallest absolute Gasteiger partial charge is 0.323 e. The van der Waals surface area contributed by atoms with Crippen LogP contribution >= 0.6 is 0 Å². The second-order valence-electron chi connectivity index (χ2n) is 4.24. The lowest BCUT2D eigenvalue weighted by Crippen LogP contribution is -2.33. The molecule has 0 aromatic rings. The number of rotatable bonds is 10. The molecule has 0 amide bonds. The largest absolute Gasteiger partial charge is 0.462 e. The molecular formula is C12H23NO6. The molecule has 1 saturated heterocycles. The minimum absolute atomic E-state index is 0.213. The van der Waals surface area contributed by atoms with E-state index in [1.807, 2.05) is 0 Å². The van der Waals surface area contributed by atoms with Gasteiger partial charge < -0.3 is 29.4 Å². The SMILES string of the molecule is COCCOCCOCCOC(=O)[C@H]1C[C@@H](O)CN1. The van der Waals surface area contributed by atoms with Gasteiger partial charge in [0.1, 0.15) is 12.6 Å². The van der Waals surface area contributed by atoms with Crippen LogP contribution < -0.4 is 5.32 Å². The molecule has 0 spiro atoms. The van der Waals surface area contributed by atoms with Crippen molar-refractivity contribution < 1.29 is 28.8 Å². The van der Waals surface area contributed by atoms with Crippen molar-refractivity contribution in [2.75, 3.05) is 53.3 Å². The highest BCUT2D eigenvalue weighted by atomic mass is 16.6. The summed E-state index contributed by atoms with van der Waals surface area (Å²) in [4.78, 5) is 11.5. The van der Waals surface area contributed by atoms with Crippen molar-refractivity contribution in [1.29, 1.82) is 0 Å². The molecule has 112 valence electrons. The first-order valence-corrected chi connectivity index (χ1v) is 6.46. The van der Waals surface area contributed by atoms with E-state index in [0.717, 1.165) is 0 Å². The fourth-order valence-electron chi connectivity index (χ4n) is 1.66. The predicted molar refractivity (Wildman–Crippen MR) is 66.9 cm³/mol. The maximum absolute atomic E-state index is 11.5. The molecule has 1 rings (SSSR count). The van der Waals surface area contributed by atoms with Gasteiger partial charge in [-0.25, -0.2) is 0 Å². The second kappa shape index (κ2) is 10.1. The van der Waals surface area contributed by atoms with Gasteiger partial charge in [0.2, 0.25) is 0 Å². The molecule has 2 N–H and O–H groups in total. The van der Waals surface area contributed by atoms with Crippen LogP contribution in [0, 0.1) is 0 Å². The molecule has 0 radical (unpaired) electrons. The van der Waals surface area contributed by atoms with Gasteiger partial charge in [-0.1, -0.05) is 0 Å². The molecular weight excluding hydrogens is 254 g/mol. The summed E-state index contributed by atoms with van der Waals surface area (Å²) in [5, 5.41) is 12.2. The Kier molecular flexibility index (Phi) is 8.68. The van der Waals surface area contributed by atoms with Crippen LogP contribution in [-0.4, -0.2) is 76.5 Å². The van der Waals surface area contributed by atoms with Crippen molar-refractivity contribution in [1.82, 2.24) is 5.32 Å². The van der Waals surface area contributed by atoms with E-state index in [9.17, 15) is 9.90 Å². The number of nitrogens with one attached hydrogen (secondary N) is 1. The summed E-state index contributed by atoms with van der Waals surface area (Å²) in [5.74, 6) is -0.337. The molecule has 0 aliphatic carbocycles. The Morgan fingerprint density at radius 1 is 1.16 bits per heavy atom. The summed E-state index contributed by atoms with van der Waals surface area (Å²) in [6.45, 7) is 3.06. The zero-order valence-electron chi connectivity index (χ0n) is 11.3. The topological polar surface area (TPSA) is 86.2 Å². The number of esters is 1. The second-order valence-corrected chi connectivity index (χ2v) is 4.24. The Labute approximate surface area is 113 Å². The van der Waals surface area contributed by atoms with E-state index < -0.39 is 12.1 Å². The fraction of sp³-hybridized carbons (Fsp3) is 0.917. The number of ether oxygens (including phenoxy) is 4. The molecule has 2 atom stereocenters. The average molecular weight is 277 g/mol. The summed E-state index contributed by atoms with van der Waals surface area (Å²) in [5.41, 5.74) is 0. The van der Waals surface area contributed by atoms with Crippen molar-refractivity contribution in [3.8, 4) is 0 Å². The Morgan fingerprint density at radius 3 is 2.37 bits per heavy atom. The maximum Gasteiger partial charge on any atom is 0.323 e. The van der Waals surface area contributed by atoms with Crippen LogP contribution in [0.25, 0.3) is 0 Å². The Bertz CT molecular complexity index is 250. The number of hydrogen-bond acceptors (Lipinski definition) is 7. The van der Waals surface area contributed by atoms with Gasteiger partial charge >= 0.3 is 5.97 Å². The van der Waals surface area contributed by atoms with Crippen LogP contribution in [0.3, 0.4) is 0 Å². The van der Waals surface area contributed by atoms with Gasteiger partial charge in [0.05, 0.1) is 39.1 Å². The Balaban J connectivity index is 1.86. The molecule has 7 nitrogen and oxygen atoms in total. The van der Waals surface area contributed by atoms with E-state index in [1.165, 1.54) is 0 Å². The van der Waals surface area contributed by atoms with E-state index in [1.54, 1.807) is 7.11 Å². The lowest BCUT2D eigenvalue weighted by atomic mass is 10.2. The molecule has 0 unspecified atom stereocenters. The van der Waals surface area contributed by atoms with E-state index in [-0.39, 0.29) is 12.6 Å². The number of carbonyl (C=O) groups excluding carboxylic acids is 1. The highest BCUT2D eigenvalue weighted by Gasteiger charge is 2.28. The first kappa shape index (κ1) is 16.3. The van der Waals surface area contributed by atoms with Crippen LogP contribution in [0.4, 0.5) is 0 Å². The number of hydrogen-bond donors (Lipinski definition) is 2. The van der Waals surface area contributed by atoms with Gasteiger partial charge in [-0.15, -0.1) is 0 Å². The Morgan fingerprint density at radius 2 is 1.79 bits per heavy atom. The lowest BCUT2D eigenvalue weighted by Gasteiger charge is -2.10. The average Bonchev–Trinajstić information content (AvgIpc) is 2.83. The van der Waals surface area contributed by atoms with Crippen molar-refractivity contribution in [3.63, 3.8) is 0 Å². The van der Waals surface area contributed by atoms with Gasteiger partial charge in [0.25, 0.3) is 0 Å². The molecule has 0 aromatic carbocycles. The summed E-state index contributed by atoms with van der Waals surface area (Å²) >= 11 is 0. The standard InChI is InChI=1S/C12H23NO6/c1-16-2-3-17-4-5-18-6-7-19-12(15)11-8-10(14)9-13-11/h10-11,13-14H,2-9H2,1H3/t10-,11-/m1/s1. The summed E-state index contributed by atoms with van der Waals surface area (Å²) in [6, 6.07) is -0.396. The van der Waals surface area contributed by atoms with Crippen molar-refractivity contribution in [2.45, 2.75) is 18.6 Å². The van der Waals surface area contributed by atoms with E-state index in [0.29, 0.717) is 46.0 Å².